The second-order valence-corrected chi connectivity index (χ2v) is 9.07. The monoisotopic (exact) mass is 542 g/mol. The molecule has 2 aromatic heterocycles. The standard InChI is InChI=1S/C26H28Cl2N6O3/c1-5-37-19-10-9-16(13-20(19)36-4)14-21(35)29-11-12-30-26-24-23(31-15(2)32-26)25(34(3)33-24)22-17(27)7-6-8-18(22)28/h6-10,13H,5,11-12,14H2,1-4H3,(H,29,35)(H,30,31,32). The topological polar surface area (TPSA) is 103 Å². The Labute approximate surface area is 225 Å². The Morgan fingerprint density at radius 3 is 2.51 bits per heavy atom. The third-order valence-electron chi connectivity index (χ3n) is 5.63. The molecule has 0 bridgehead atoms. The summed E-state index contributed by atoms with van der Waals surface area (Å²) in [6.07, 6.45) is 0.224. The number of carbonyl (C=O) groups excluding carboxylic acids is 1. The first-order valence-electron chi connectivity index (χ1n) is 11.8. The largest absolute Gasteiger partial charge is 0.493 e. The third kappa shape index (κ3) is 5.89. The van der Waals surface area contributed by atoms with Crippen molar-refractivity contribution >= 4 is 46.0 Å². The number of hydrogen-bond donors (Lipinski definition) is 2. The molecule has 0 spiro atoms. The van der Waals surface area contributed by atoms with E-state index in [1.807, 2.05) is 39.1 Å². The van der Waals surface area contributed by atoms with Crippen molar-refractivity contribution in [3.8, 4) is 22.8 Å². The quantitative estimate of drug-likeness (QED) is 0.277. The molecule has 2 aromatic carbocycles. The molecule has 4 aromatic rings. The summed E-state index contributed by atoms with van der Waals surface area (Å²) in [4.78, 5) is 21.6. The minimum atomic E-state index is -0.106. The number of nitrogens with one attached hydrogen (secondary N) is 2. The minimum absolute atomic E-state index is 0.106. The minimum Gasteiger partial charge on any atom is -0.493 e. The summed E-state index contributed by atoms with van der Waals surface area (Å²) in [5.74, 6) is 2.29. The summed E-state index contributed by atoms with van der Waals surface area (Å²) in [5, 5.41) is 11.8. The van der Waals surface area contributed by atoms with E-state index in [-0.39, 0.29) is 12.3 Å². The van der Waals surface area contributed by atoms with Crippen molar-refractivity contribution in [3.63, 3.8) is 0 Å². The van der Waals surface area contributed by atoms with Crippen LogP contribution in [-0.2, 0) is 18.3 Å². The van der Waals surface area contributed by atoms with Crippen LogP contribution < -0.4 is 20.1 Å². The molecule has 4 rings (SSSR count). The van der Waals surface area contributed by atoms with Crippen molar-refractivity contribution in [1.82, 2.24) is 25.1 Å². The summed E-state index contributed by atoms with van der Waals surface area (Å²) in [5.41, 5.74) is 3.43. The smallest absolute Gasteiger partial charge is 0.224 e. The second kappa shape index (κ2) is 11.7. The first-order valence-corrected chi connectivity index (χ1v) is 12.5. The van der Waals surface area contributed by atoms with Crippen molar-refractivity contribution in [3.05, 3.63) is 57.8 Å². The van der Waals surface area contributed by atoms with Gasteiger partial charge < -0.3 is 20.1 Å². The zero-order valence-corrected chi connectivity index (χ0v) is 22.6. The van der Waals surface area contributed by atoms with E-state index in [9.17, 15) is 4.79 Å². The molecule has 194 valence electrons. The normalized spacial score (nSPS) is 11.0. The fourth-order valence-electron chi connectivity index (χ4n) is 4.03. The van der Waals surface area contributed by atoms with Crippen LogP contribution >= 0.6 is 23.2 Å². The Morgan fingerprint density at radius 2 is 1.81 bits per heavy atom. The molecule has 0 saturated carbocycles. The maximum atomic E-state index is 12.5. The molecular formula is C26H28Cl2N6O3. The second-order valence-electron chi connectivity index (χ2n) is 8.26. The highest BCUT2D eigenvalue weighted by molar-refractivity contribution is 6.39. The van der Waals surface area contributed by atoms with Crippen molar-refractivity contribution in [1.29, 1.82) is 0 Å². The number of halogens is 2. The number of amides is 1. The molecule has 0 atom stereocenters. The van der Waals surface area contributed by atoms with Gasteiger partial charge in [-0.2, -0.15) is 5.10 Å². The van der Waals surface area contributed by atoms with Crippen LogP contribution in [0.5, 0.6) is 11.5 Å². The molecule has 2 N–H and O–H groups in total. The van der Waals surface area contributed by atoms with E-state index in [4.69, 9.17) is 32.7 Å². The van der Waals surface area contributed by atoms with E-state index in [1.165, 1.54) is 0 Å². The number of carbonyl (C=O) groups is 1. The van der Waals surface area contributed by atoms with Crippen molar-refractivity contribution in [2.45, 2.75) is 20.3 Å². The highest BCUT2D eigenvalue weighted by atomic mass is 35.5. The Hall–Kier alpha value is -3.56. The number of hydrogen-bond acceptors (Lipinski definition) is 7. The van der Waals surface area contributed by atoms with Gasteiger partial charge in [0.05, 0.1) is 35.9 Å². The molecule has 0 aliphatic carbocycles. The number of ether oxygens (including phenoxy) is 2. The van der Waals surface area contributed by atoms with Gasteiger partial charge in [-0.1, -0.05) is 35.3 Å². The number of fused-ring (bicyclic) bond motifs is 1. The van der Waals surface area contributed by atoms with Crippen LogP contribution in [0.1, 0.15) is 18.3 Å². The zero-order valence-electron chi connectivity index (χ0n) is 21.1. The fraction of sp³-hybridized carbons (Fsp3) is 0.308. The average Bonchev–Trinajstić information content (AvgIpc) is 3.18. The molecule has 9 nitrogen and oxygen atoms in total. The number of aryl methyl sites for hydroxylation is 2. The predicted molar refractivity (Wildman–Crippen MR) is 146 cm³/mol. The Bertz CT molecular complexity index is 1420. The summed E-state index contributed by atoms with van der Waals surface area (Å²) in [6, 6.07) is 10.8. The van der Waals surface area contributed by atoms with E-state index < -0.39 is 0 Å². The van der Waals surface area contributed by atoms with Crippen LogP contribution in [0.15, 0.2) is 36.4 Å². The van der Waals surface area contributed by atoms with Gasteiger partial charge in [0.15, 0.2) is 22.8 Å². The highest BCUT2D eigenvalue weighted by Crippen LogP contribution is 2.38. The van der Waals surface area contributed by atoms with Gasteiger partial charge in [-0.3, -0.25) is 9.48 Å². The lowest BCUT2D eigenvalue weighted by atomic mass is 10.1. The molecule has 0 aliphatic heterocycles. The molecule has 0 fully saturated rings. The molecule has 2 heterocycles. The van der Waals surface area contributed by atoms with Gasteiger partial charge >= 0.3 is 0 Å². The molecule has 0 radical (unpaired) electrons. The van der Waals surface area contributed by atoms with E-state index >= 15 is 0 Å². The van der Waals surface area contributed by atoms with Crippen LogP contribution in [0.4, 0.5) is 5.82 Å². The van der Waals surface area contributed by atoms with Crippen LogP contribution in [0.2, 0.25) is 10.0 Å². The molecule has 0 aliphatic rings. The first kappa shape index (κ1) is 26.5. The molecule has 37 heavy (non-hydrogen) atoms. The van der Waals surface area contributed by atoms with E-state index in [1.54, 1.807) is 30.0 Å². The van der Waals surface area contributed by atoms with Gasteiger partial charge in [0.2, 0.25) is 5.91 Å². The zero-order chi connectivity index (χ0) is 26.5. The predicted octanol–water partition coefficient (Wildman–Crippen LogP) is 4.82. The number of nitrogens with zero attached hydrogens (tertiary/aromatic N) is 4. The van der Waals surface area contributed by atoms with E-state index in [0.29, 0.717) is 75.2 Å². The molecular weight excluding hydrogens is 515 g/mol. The molecule has 11 heteroatoms. The Morgan fingerprint density at radius 1 is 1.05 bits per heavy atom. The van der Waals surface area contributed by atoms with Gasteiger partial charge in [0.1, 0.15) is 11.3 Å². The van der Waals surface area contributed by atoms with E-state index in [0.717, 1.165) is 5.56 Å². The van der Waals surface area contributed by atoms with Crippen LogP contribution in [0.3, 0.4) is 0 Å². The van der Waals surface area contributed by atoms with Crippen LogP contribution in [0.25, 0.3) is 22.3 Å². The van der Waals surface area contributed by atoms with E-state index in [2.05, 4.69) is 25.7 Å². The first-order chi connectivity index (χ1) is 17.8. The van der Waals surface area contributed by atoms with Gasteiger partial charge in [-0.05, 0) is 43.7 Å². The molecule has 0 saturated heterocycles. The van der Waals surface area contributed by atoms with Gasteiger partial charge in [-0.15, -0.1) is 0 Å². The summed E-state index contributed by atoms with van der Waals surface area (Å²) >= 11 is 12.9. The van der Waals surface area contributed by atoms with Crippen molar-refractivity contribution in [2.24, 2.45) is 7.05 Å². The summed E-state index contributed by atoms with van der Waals surface area (Å²) in [7, 11) is 3.39. The van der Waals surface area contributed by atoms with Crippen LogP contribution in [-0.4, -0.2) is 52.5 Å². The number of anilines is 1. The number of benzene rings is 2. The summed E-state index contributed by atoms with van der Waals surface area (Å²) < 4.78 is 12.6. The van der Waals surface area contributed by atoms with Crippen molar-refractivity contribution < 1.29 is 14.3 Å². The lowest BCUT2D eigenvalue weighted by molar-refractivity contribution is -0.120. The third-order valence-corrected chi connectivity index (χ3v) is 6.26. The maximum absolute atomic E-state index is 12.5. The Kier molecular flexibility index (Phi) is 8.35. The number of aromatic nitrogens is 4. The Balaban J connectivity index is 1.43. The maximum Gasteiger partial charge on any atom is 0.224 e. The van der Waals surface area contributed by atoms with Gasteiger partial charge in [-0.25, -0.2) is 9.97 Å². The highest BCUT2D eigenvalue weighted by Gasteiger charge is 2.21. The van der Waals surface area contributed by atoms with Gasteiger partial charge in [0, 0.05) is 25.7 Å². The van der Waals surface area contributed by atoms with Gasteiger partial charge in [0.25, 0.3) is 0 Å². The van der Waals surface area contributed by atoms with Crippen LogP contribution in [0, 0.1) is 6.92 Å². The lowest BCUT2D eigenvalue weighted by Crippen LogP contribution is -2.30. The summed E-state index contributed by atoms with van der Waals surface area (Å²) in [6.45, 7) is 5.09. The number of methoxy groups -OCH3 is 1. The molecule has 0 unspecified atom stereocenters. The lowest BCUT2D eigenvalue weighted by Gasteiger charge is -2.11. The SMILES string of the molecule is CCOc1ccc(CC(=O)NCCNc2nc(C)nc3c(-c4c(Cl)cccc4Cl)n(C)nc23)cc1OC. The van der Waals surface area contributed by atoms with Crippen molar-refractivity contribution in [2.75, 3.05) is 32.1 Å². The molecule has 1 amide bonds. The number of rotatable bonds is 10. The fourth-order valence-corrected chi connectivity index (χ4v) is 4.61. The average molecular weight is 543 g/mol.